The molecule has 14 nitrogen and oxygen atoms in total. The quantitative estimate of drug-likeness (QED) is 0.414. The van der Waals surface area contributed by atoms with Gasteiger partial charge in [-0.3, -0.25) is 14.6 Å². The summed E-state index contributed by atoms with van der Waals surface area (Å²) in [4.78, 5) is 51.3. The number of rotatable bonds is 7. The lowest BCUT2D eigenvalue weighted by Gasteiger charge is -2.20. The molecule has 1 aromatic carbocycles. The van der Waals surface area contributed by atoms with Gasteiger partial charge in [-0.2, -0.15) is 14.6 Å². The van der Waals surface area contributed by atoms with E-state index in [2.05, 4.69) is 15.5 Å². The molecule has 2 unspecified atom stereocenters. The average Bonchev–Trinajstić information content (AvgIpc) is 3.39. The molecule has 210 valence electrons. The number of nitrogens with zero attached hydrogens (tertiary/aromatic N) is 5. The fraction of sp³-hybridized carbons (Fsp3) is 0.375. The monoisotopic (exact) mass is 591 g/mol. The molecule has 1 aliphatic rings. The number of H-pyrrole nitrogens is 1. The van der Waals surface area contributed by atoms with Crippen LogP contribution in [0, 0.1) is 11.3 Å². The van der Waals surface area contributed by atoms with Crippen LogP contribution in [0.3, 0.4) is 0 Å². The molecular weight excluding hydrogens is 569 g/mol. The van der Waals surface area contributed by atoms with Crippen molar-refractivity contribution in [2.24, 2.45) is 0 Å². The van der Waals surface area contributed by atoms with E-state index in [0.717, 1.165) is 9.36 Å². The van der Waals surface area contributed by atoms with Gasteiger partial charge >= 0.3 is 11.8 Å². The van der Waals surface area contributed by atoms with E-state index in [9.17, 15) is 19.2 Å². The molecule has 4 rings (SSSR count). The summed E-state index contributed by atoms with van der Waals surface area (Å²) in [6.45, 7) is 5.97. The second-order valence-corrected chi connectivity index (χ2v) is 9.84. The first kappa shape index (κ1) is 28.8. The molecule has 0 saturated carbocycles. The number of carbonyl (C=O) groups excluding carboxylic acids is 1. The number of nitriles is 1. The van der Waals surface area contributed by atoms with Crippen molar-refractivity contribution in [2.75, 3.05) is 13.2 Å². The van der Waals surface area contributed by atoms with Crippen molar-refractivity contribution in [3.63, 3.8) is 0 Å². The highest BCUT2D eigenvalue weighted by molar-refractivity contribution is 6.37. The minimum atomic E-state index is -1.10. The van der Waals surface area contributed by atoms with E-state index in [1.807, 2.05) is 4.98 Å². The van der Waals surface area contributed by atoms with E-state index in [1.54, 1.807) is 19.9 Å². The normalized spacial score (nSPS) is 15.5. The number of hydrogen-bond donors (Lipinski definition) is 2. The molecule has 2 aromatic heterocycles. The maximum absolute atomic E-state index is 13.1. The topological polar surface area (TPSA) is 183 Å². The summed E-state index contributed by atoms with van der Waals surface area (Å²) < 4.78 is 18.2. The van der Waals surface area contributed by atoms with Gasteiger partial charge in [0.25, 0.3) is 11.1 Å². The number of halogens is 2. The molecule has 2 N–H and O–H groups in total. The third kappa shape index (κ3) is 6.17. The Labute approximate surface area is 236 Å². The molecule has 40 heavy (non-hydrogen) atoms. The molecule has 1 fully saturated rings. The number of hydrogen-bond acceptors (Lipinski definition) is 10. The molecule has 0 aliphatic carbocycles. The van der Waals surface area contributed by atoms with Gasteiger partial charge < -0.3 is 19.5 Å². The molecule has 1 amide bonds. The van der Waals surface area contributed by atoms with Gasteiger partial charge in [0.15, 0.2) is 12.0 Å². The van der Waals surface area contributed by atoms with E-state index in [-0.39, 0.29) is 39.3 Å². The molecule has 2 atom stereocenters. The lowest BCUT2D eigenvalue weighted by molar-refractivity contribution is 0.0526. The van der Waals surface area contributed by atoms with Crippen LogP contribution in [0.1, 0.15) is 50.6 Å². The predicted octanol–water partition coefficient (Wildman–Crippen LogP) is 2.61. The van der Waals surface area contributed by atoms with E-state index >= 15 is 0 Å². The number of benzene rings is 1. The van der Waals surface area contributed by atoms with Crippen molar-refractivity contribution < 1.29 is 19.0 Å². The number of nitrogens with one attached hydrogen (secondary N) is 2. The predicted molar refractivity (Wildman–Crippen MR) is 141 cm³/mol. The summed E-state index contributed by atoms with van der Waals surface area (Å²) in [7, 11) is 0. The van der Waals surface area contributed by atoms with Crippen LogP contribution >= 0.6 is 23.2 Å². The first-order valence-corrected chi connectivity index (χ1v) is 12.7. The zero-order valence-corrected chi connectivity index (χ0v) is 22.9. The van der Waals surface area contributed by atoms with Crippen LogP contribution in [-0.2, 0) is 9.47 Å². The molecule has 1 aliphatic heterocycles. The largest absolute Gasteiger partial charge is 0.434 e. The van der Waals surface area contributed by atoms with Crippen LogP contribution in [-0.4, -0.2) is 49.9 Å². The first-order valence-electron chi connectivity index (χ1n) is 12.0. The molecular formula is C24H23Cl2N7O7. The Morgan fingerprint density at radius 1 is 1.20 bits per heavy atom. The van der Waals surface area contributed by atoms with E-state index < -0.39 is 34.8 Å². The third-order valence-corrected chi connectivity index (χ3v) is 6.37. The number of carbonyl (C=O) groups is 1. The van der Waals surface area contributed by atoms with Gasteiger partial charge in [-0.1, -0.05) is 37.0 Å². The standard InChI is InChI=1S/C24H23Cl2N7O7/c1-11(2)15-8-19(31-32(22(15)35)12(3)39-24(37)28-13-4-5-38-10-13)40-20-16(25)6-14(7-17(20)26)33-23(36)29-21(34)18(9-27)30-33/h6-8,11-13H,4-5,10H2,1-3H3,(H,28,37)(H,29,34,36). The van der Waals surface area contributed by atoms with Crippen molar-refractivity contribution in [2.45, 2.75) is 45.4 Å². The molecule has 16 heteroatoms. The molecule has 3 heterocycles. The Morgan fingerprint density at radius 2 is 1.90 bits per heavy atom. The minimum absolute atomic E-state index is 0.0431. The lowest BCUT2D eigenvalue weighted by Crippen LogP contribution is -2.38. The highest BCUT2D eigenvalue weighted by atomic mass is 35.5. The summed E-state index contributed by atoms with van der Waals surface area (Å²) in [5, 5.41) is 19.5. The summed E-state index contributed by atoms with van der Waals surface area (Å²) in [6, 6.07) is 5.37. The van der Waals surface area contributed by atoms with Gasteiger partial charge in [-0.05, 0) is 31.4 Å². The van der Waals surface area contributed by atoms with Crippen LogP contribution in [0.2, 0.25) is 10.0 Å². The zero-order valence-electron chi connectivity index (χ0n) is 21.4. The number of amides is 1. The molecule has 0 radical (unpaired) electrons. The van der Waals surface area contributed by atoms with Gasteiger partial charge in [0.1, 0.15) is 6.07 Å². The second-order valence-electron chi connectivity index (χ2n) is 9.02. The SMILES string of the molecule is CC(C)c1cc(Oc2c(Cl)cc(-n3nc(C#N)c(=O)[nH]c3=O)cc2Cl)nn(C(C)OC(=O)NC2CCOC2)c1=O. The van der Waals surface area contributed by atoms with Crippen molar-refractivity contribution in [1.29, 1.82) is 5.26 Å². The first-order chi connectivity index (χ1) is 19.0. The summed E-state index contributed by atoms with van der Waals surface area (Å²) in [5.41, 5.74) is -2.52. The Hall–Kier alpha value is -4.19. The van der Waals surface area contributed by atoms with Gasteiger partial charge in [-0.15, -0.1) is 10.2 Å². The van der Waals surface area contributed by atoms with E-state index in [4.69, 9.17) is 42.7 Å². The number of alkyl carbamates (subject to hydrolysis) is 1. The Bertz CT molecular complexity index is 1650. The summed E-state index contributed by atoms with van der Waals surface area (Å²) in [6.07, 6.45) is -1.19. The highest BCUT2D eigenvalue weighted by Crippen LogP contribution is 2.38. The van der Waals surface area contributed by atoms with Crippen LogP contribution in [0.4, 0.5) is 4.79 Å². The van der Waals surface area contributed by atoms with Gasteiger partial charge in [0.2, 0.25) is 11.6 Å². The van der Waals surface area contributed by atoms with Crippen LogP contribution in [0.15, 0.2) is 32.6 Å². The fourth-order valence-corrected chi connectivity index (χ4v) is 4.34. The van der Waals surface area contributed by atoms with E-state index in [1.165, 1.54) is 25.1 Å². The zero-order chi connectivity index (χ0) is 29.1. The van der Waals surface area contributed by atoms with Crippen LogP contribution in [0.25, 0.3) is 5.69 Å². The lowest BCUT2D eigenvalue weighted by atomic mass is 10.1. The highest BCUT2D eigenvalue weighted by Gasteiger charge is 2.23. The molecule has 3 aromatic rings. The summed E-state index contributed by atoms with van der Waals surface area (Å²) in [5.74, 6) is -0.391. The Morgan fingerprint density at radius 3 is 2.50 bits per heavy atom. The van der Waals surface area contributed by atoms with Crippen molar-refractivity contribution >= 4 is 29.3 Å². The number of aromatic amines is 1. The van der Waals surface area contributed by atoms with Crippen LogP contribution in [0.5, 0.6) is 11.6 Å². The van der Waals surface area contributed by atoms with Gasteiger partial charge in [0, 0.05) is 18.2 Å². The summed E-state index contributed by atoms with van der Waals surface area (Å²) >= 11 is 12.8. The third-order valence-electron chi connectivity index (χ3n) is 5.80. The van der Waals surface area contributed by atoms with Crippen molar-refractivity contribution in [3.8, 4) is 23.4 Å². The maximum Gasteiger partial charge on any atom is 0.409 e. The number of ether oxygens (including phenoxy) is 3. The van der Waals surface area contributed by atoms with Crippen LogP contribution < -0.4 is 26.9 Å². The van der Waals surface area contributed by atoms with Crippen molar-refractivity contribution in [1.82, 2.24) is 29.9 Å². The second kappa shape index (κ2) is 11.9. The smallest absolute Gasteiger partial charge is 0.409 e. The van der Waals surface area contributed by atoms with Gasteiger partial charge in [-0.25, -0.2) is 9.59 Å². The van der Waals surface area contributed by atoms with Crippen molar-refractivity contribution in [3.05, 3.63) is 70.7 Å². The Balaban J connectivity index is 1.66. The van der Waals surface area contributed by atoms with E-state index in [0.29, 0.717) is 25.2 Å². The average molecular weight is 592 g/mol. The maximum atomic E-state index is 13.1. The molecule has 0 bridgehead atoms. The minimum Gasteiger partial charge on any atom is -0.434 e. The molecule has 1 saturated heterocycles. The molecule has 0 spiro atoms. The fourth-order valence-electron chi connectivity index (χ4n) is 3.79. The Kier molecular flexibility index (Phi) is 8.58. The van der Waals surface area contributed by atoms with Gasteiger partial charge in [0.05, 0.1) is 28.4 Å². The number of aromatic nitrogens is 5.